The van der Waals surface area contributed by atoms with E-state index < -0.39 is 29.4 Å². The van der Waals surface area contributed by atoms with Crippen LogP contribution in [0.15, 0.2) is 52.1 Å². The minimum absolute atomic E-state index is 0.0386. The lowest BCUT2D eigenvalue weighted by molar-refractivity contribution is -0.131. The summed E-state index contributed by atoms with van der Waals surface area (Å²) >= 11 is 1.33. The average Bonchev–Trinajstić information content (AvgIpc) is 3.33. The molecule has 0 saturated carbocycles. The van der Waals surface area contributed by atoms with Crippen LogP contribution in [0.2, 0.25) is 0 Å². The lowest BCUT2D eigenvalue weighted by atomic mass is 10.1. The Morgan fingerprint density at radius 1 is 1.17 bits per heavy atom. The molecule has 0 bridgehead atoms. The zero-order chi connectivity index (χ0) is 25.8. The second kappa shape index (κ2) is 13.9. The highest BCUT2D eigenvalue weighted by molar-refractivity contribution is 7.08. The van der Waals surface area contributed by atoms with Gasteiger partial charge in [-0.2, -0.15) is 11.3 Å². The molecule has 2 heterocycles. The molecule has 4 N–H and O–H groups in total. The van der Waals surface area contributed by atoms with Crippen LogP contribution in [0.25, 0.3) is 0 Å². The molecule has 0 saturated heterocycles. The zero-order valence-corrected chi connectivity index (χ0v) is 20.5. The number of carboxylic acid groups (broad SMARTS) is 1. The Bertz CT molecular complexity index is 1110. The van der Waals surface area contributed by atoms with Gasteiger partial charge in [-0.05, 0) is 48.8 Å². The normalized spacial score (nSPS) is 11.9. The van der Waals surface area contributed by atoms with Crippen LogP contribution in [0, 0.1) is 5.92 Å². The number of carbonyl (C=O) groups is 4. The van der Waals surface area contributed by atoms with E-state index in [1.165, 1.54) is 40.3 Å². The Morgan fingerprint density at radius 2 is 1.94 bits per heavy atom. The highest BCUT2D eigenvalue weighted by Crippen LogP contribution is 2.09. The van der Waals surface area contributed by atoms with Gasteiger partial charge in [0.2, 0.25) is 11.8 Å². The van der Waals surface area contributed by atoms with Crippen LogP contribution in [0.3, 0.4) is 0 Å². The number of nitrogens with one attached hydrogen (secondary N) is 3. The summed E-state index contributed by atoms with van der Waals surface area (Å²) in [6.45, 7) is 4.39. The average molecular weight is 503 g/mol. The van der Waals surface area contributed by atoms with Crippen molar-refractivity contribution in [1.82, 2.24) is 15.2 Å². The highest BCUT2D eigenvalue weighted by atomic mass is 32.1. The molecule has 0 radical (unpaired) electrons. The maximum absolute atomic E-state index is 12.9. The maximum atomic E-state index is 12.9. The Kier molecular flexibility index (Phi) is 10.9. The van der Waals surface area contributed by atoms with Gasteiger partial charge in [-0.15, -0.1) is 0 Å². The van der Waals surface area contributed by atoms with Gasteiger partial charge in [0.15, 0.2) is 0 Å². The molecule has 0 spiro atoms. The second-order valence-electron chi connectivity index (χ2n) is 8.23. The fraction of sp³-hybridized carbons (Fsp3) is 0.375. The predicted octanol–water partition coefficient (Wildman–Crippen LogP) is 2.23. The molecule has 11 heteroatoms. The summed E-state index contributed by atoms with van der Waals surface area (Å²) in [6, 6.07) is 3.54. The maximum Gasteiger partial charge on any atom is 0.327 e. The molecule has 1 atom stereocenters. The van der Waals surface area contributed by atoms with E-state index in [-0.39, 0.29) is 31.0 Å². The van der Waals surface area contributed by atoms with E-state index in [2.05, 4.69) is 16.0 Å². The van der Waals surface area contributed by atoms with Gasteiger partial charge >= 0.3 is 5.97 Å². The third kappa shape index (κ3) is 9.57. The first-order valence-electron chi connectivity index (χ1n) is 11.2. The monoisotopic (exact) mass is 502 g/mol. The van der Waals surface area contributed by atoms with Crippen molar-refractivity contribution in [2.24, 2.45) is 5.92 Å². The lowest BCUT2D eigenvalue weighted by Gasteiger charge is -2.18. The third-order valence-electron chi connectivity index (χ3n) is 4.92. The number of pyridine rings is 1. The number of amides is 3. The minimum atomic E-state index is -1.12. The fourth-order valence-electron chi connectivity index (χ4n) is 3.04. The number of carbonyl (C=O) groups excluding carboxylic acids is 3. The Balaban J connectivity index is 2.10. The Morgan fingerprint density at radius 3 is 2.60 bits per heavy atom. The van der Waals surface area contributed by atoms with Crippen LogP contribution in [-0.4, -0.2) is 46.0 Å². The van der Waals surface area contributed by atoms with Crippen LogP contribution >= 0.6 is 11.3 Å². The first-order valence-corrected chi connectivity index (χ1v) is 12.1. The smallest absolute Gasteiger partial charge is 0.327 e. The molecule has 0 aliphatic heterocycles. The van der Waals surface area contributed by atoms with Crippen LogP contribution in [0.4, 0.5) is 5.69 Å². The van der Waals surface area contributed by atoms with E-state index in [0.29, 0.717) is 18.0 Å². The zero-order valence-electron chi connectivity index (χ0n) is 19.7. The molecule has 0 aliphatic carbocycles. The van der Waals surface area contributed by atoms with Crippen LogP contribution in [0.1, 0.15) is 43.5 Å². The third-order valence-corrected chi connectivity index (χ3v) is 5.61. The molecule has 0 aliphatic rings. The summed E-state index contributed by atoms with van der Waals surface area (Å²) < 4.78 is 1.19. The van der Waals surface area contributed by atoms with Crippen LogP contribution in [0.5, 0.6) is 0 Å². The number of hydrogen-bond acceptors (Lipinski definition) is 6. The summed E-state index contributed by atoms with van der Waals surface area (Å²) in [5.41, 5.74) is -0.212. The summed E-state index contributed by atoms with van der Waals surface area (Å²) in [6.07, 6.45) is 4.93. The molecule has 3 amide bonds. The van der Waals surface area contributed by atoms with Crippen LogP contribution < -0.4 is 21.5 Å². The molecule has 2 aromatic heterocycles. The molecular formula is C24H30N4O6S. The van der Waals surface area contributed by atoms with Crippen molar-refractivity contribution in [3.8, 4) is 0 Å². The molecule has 10 nitrogen and oxygen atoms in total. The van der Waals surface area contributed by atoms with E-state index >= 15 is 0 Å². The number of thiophene rings is 1. The van der Waals surface area contributed by atoms with Crippen molar-refractivity contribution in [2.45, 2.75) is 45.7 Å². The summed E-state index contributed by atoms with van der Waals surface area (Å²) in [4.78, 5) is 61.1. The summed E-state index contributed by atoms with van der Waals surface area (Å²) in [5.74, 6) is -2.09. The first kappa shape index (κ1) is 27.5. The minimum Gasteiger partial charge on any atom is -0.478 e. The van der Waals surface area contributed by atoms with Gasteiger partial charge in [-0.3, -0.25) is 19.2 Å². The van der Waals surface area contributed by atoms with Gasteiger partial charge in [0.25, 0.3) is 11.5 Å². The van der Waals surface area contributed by atoms with Gasteiger partial charge in [-0.25, -0.2) is 4.79 Å². The van der Waals surface area contributed by atoms with Crippen molar-refractivity contribution < 1.29 is 24.3 Å². The number of aromatic nitrogens is 1. The summed E-state index contributed by atoms with van der Waals surface area (Å²) in [5, 5.41) is 20.0. The molecule has 35 heavy (non-hydrogen) atoms. The topological polar surface area (TPSA) is 147 Å². The Labute approximate surface area is 207 Å². The van der Waals surface area contributed by atoms with Gasteiger partial charge in [0.1, 0.15) is 18.3 Å². The van der Waals surface area contributed by atoms with E-state index in [1.807, 2.05) is 13.8 Å². The van der Waals surface area contributed by atoms with Gasteiger partial charge in [0, 0.05) is 24.2 Å². The number of allylic oxidation sites excluding steroid dienone is 1. The van der Waals surface area contributed by atoms with Gasteiger partial charge in [0.05, 0.1) is 5.56 Å². The van der Waals surface area contributed by atoms with Crippen LogP contribution in [-0.2, 0) is 20.9 Å². The van der Waals surface area contributed by atoms with Crippen molar-refractivity contribution in [2.75, 3.05) is 11.9 Å². The number of aliphatic carboxylic acids is 1. The van der Waals surface area contributed by atoms with Crippen molar-refractivity contribution in [3.05, 3.63) is 63.2 Å². The molecule has 0 fully saturated rings. The number of carboxylic acids is 1. The molecule has 2 rings (SSSR count). The quantitative estimate of drug-likeness (QED) is 0.309. The summed E-state index contributed by atoms with van der Waals surface area (Å²) in [7, 11) is 0. The second-order valence-corrected chi connectivity index (χ2v) is 9.01. The lowest BCUT2D eigenvalue weighted by Crippen LogP contribution is -2.44. The van der Waals surface area contributed by atoms with E-state index in [9.17, 15) is 24.0 Å². The van der Waals surface area contributed by atoms with E-state index in [1.54, 1.807) is 16.8 Å². The van der Waals surface area contributed by atoms with E-state index in [4.69, 9.17) is 5.11 Å². The SMILES string of the molecule is CC(C)CCNC(=O)Cn1cccc(NC(=O)C(CCC=CC(=O)O)NC(=O)c2ccsc2)c1=O. The first-order chi connectivity index (χ1) is 16.7. The number of nitrogens with zero attached hydrogens (tertiary/aromatic N) is 1. The highest BCUT2D eigenvalue weighted by Gasteiger charge is 2.22. The molecule has 0 aromatic carbocycles. The van der Waals surface area contributed by atoms with Gasteiger partial charge < -0.3 is 25.6 Å². The van der Waals surface area contributed by atoms with Crippen molar-refractivity contribution >= 4 is 40.7 Å². The van der Waals surface area contributed by atoms with Gasteiger partial charge in [-0.1, -0.05) is 19.9 Å². The largest absolute Gasteiger partial charge is 0.478 e. The fourth-order valence-corrected chi connectivity index (χ4v) is 3.67. The molecular weight excluding hydrogens is 472 g/mol. The Hall–Kier alpha value is -3.73. The predicted molar refractivity (Wildman–Crippen MR) is 133 cm³/mol. The molecule has 2 aromatic rings. The van der Waals surface area contributed by atoms with E-state index in [0.717, 1.165) is 12.5 Å². The molecule has 188 valence electrons. The molecule has 1 unspecified atom stereocenters. The number of anilines is 1. The number of rotatable bonds is 13. The van der Waals surface area contributed by atoms with Crippen molar-refractivity contribution in [1.29, 1.82) is 0 Å². The standard InChI is InChI=1S/C24H30N4O6S/c1-16(2)9-11-25-20(29)14-28-12-5-7-19(24(28)34)27-23(33)18(6-3-4-8-21(30)31)26-22(32)17-10-13-35-15-17/h4-5,7-8,10,12-13,15-16,18H,3,6,9,11,14H2,1-2H3,(H,25,29)(H,26,32)(H,27,33)(H,30,31). The number of hydrogen-bond donors (Lipinski definition) is 4. The van der Waals surface area contributed by atoms with Crippen molar-refractivity contribution in [3.63, 3.8) is 0 Å².